The third kappa shape index (κ3) is 17.3. The Morgan fingerprint density at radius 2 is 1.30 bits per heavy atom. The average Bonchev–Trinajstić information content (AvgIpc) is 2.65. The molecule has 0 aliphatic carbocycles. The summed E-state index contributed by atoms with van der Waals surface area (Å²) in [5, 5.41) is 0. The van der Waals surface area contributed by atoms with Crippen LogP contribution < -0.4 is 4.74 Å². The topological polar surface area (TPSA) is 26.3 Å². The first-order chi connectivity index (χ1) is 12.8. The Labute approximate surface area is 189 Å². The minimum absolute atomic E-state index is 0. The Balaban J connectivity index is 0.00000676. The summed E-state index contributed by atoms with van der Waals surface area (Å²) in [6.45, 7) is 2.27. The van der Waals surface area contributed by atoms with Gasteiger partial charge < -0.3 is 4.74 Å². The molecule has 0 unspecified atom stereocenters. The Hall–Kier alpha value is -0.570. The molecule has 0 N–H and O–H groups in total. The molecular weight excluding hydrogens is 343 g/mol. The zero-order valence-corrected chi connectivity index (χ0v) is 16.8. The molecule has 0 saturated heterocycles. The van der Waals surface area contributed by atoms with E-state index in [0.717, 1.165) is 12.8 Å². The van der Waals surface area contributed by atoms with Gasteiger partial charge in [-0.2, -0.15) is 0 Å². The fraction of sp³-hybridized carbons (Fsp3) is 0.625. The van der Waals surface area contributed by atoms with Gasteiger partial charge in [-0.05, 0) is 44.2 Å². The SMILES string of the molecule is CCCCCCCC/C=C\CCCCCCCC(=O)Oc1ccccc1.[NaH]. The summed E-state index contributed by atoms with van der Waals surface area (Å²) >= 11 is 0. The summed E-state index contributed by atoms with van der Waals surface area (Å²) in [6, 6.07) is 9.31. The molecule has 1 rings (SSSR count). The number of carbonyl (C=O) groups is 1. The molecule has 0 atom stereocenters. The van der Waals surface area contributed by atoms with Crippen LogP contribution in [-0.2, 0) is 4.79 Å². The van der Waals surface area contributed by atoms with Gasteiger partial charge in [-0.1, -0.05) is 88.6 Å². The molecule has 2 nitrogen and oxygen atoms in total. The quantitative estimate of drug-likeness (QED) is 0.101. The van der Waals surface area contributed by atoms with Crippen molar-refractivity contribution in [2.24, 2.45) is 0 Å². The van der Waals surface area contributed by atoms with Crippen LogP contribution >= 0.6 is 0 Å². The van der Waals surface area contributed by atoms with E-state index in [1.807, 2.05) is 30.3 Å². The Morgan fingerprint density at radius 1 is 0.778 bits per heavy atom. The molecule has 0 aromatic heterocycles. The molecule has 0 saturated carbocycles. The van der Waals surface area contributed by atoms with Crippen LogP contribution in [0, 0.1) is 0 Å². The van der Waals surface area contributed by atoms with Crippen molar-refractivity contribution in [2.75, 3.05) is 0 Å². The van der Waals surface area contributed by atoms with Crippen molar-refractivity contribution >= 4 is 35.5 Å². The summed E-state index contributed by atoms with van der Waals surface area (Å²) < 4.78 is 5.29. The summed E-state index contributed by atoms with van der Waals surface area (Å²) in [7, 11) is 0. The molecule has 0 bridgehead atoms. The van der Waals surface area contributed by atoms with E-state index >= 15 is 0 Å². The van der Waals surface area contributed by atoms with Crippen molar-refractivity contribution in [3.05, 3.63) is 42.5 Å². The molecule has 0 amide bonds. The van der Waals surface area contributed by atoms with Gasteiger partial charge in [0.1, 0.15) is 5.75 Å². The van der Waals surface area contributed by atoms with Crippen LogP contribution in [0.4, 0.5) is 0 Å². The van der Waals surface area contributed by atoms with Gasteiger partial charge in [0.05, 0.1) is 0 Å². The van der Waals surface area contributed by atoms with E-state index in [0.29, 0.717) is 12.2 Å². The van der Waals surface area contributed by atoms with E-state index in [9.17, 15) is 4.79 Å². The van der Waals surface area contributed by atoms with Crippen molar-refractivity contribution in [3.63, 3.8) is 0 Å². The van der Waals surface area contributed by atoms with Crippen molar-refractivity contribution in [3.8, 4) is 5.75 Å². The van der Waals surface area contributed by atoms with Crippen LogP contribution in [0.3, 0.4) is 0 Å². The normalized spacial score (nSPS) is 10.7. The first-order valence-electron chi connectivity index (χ1n) is 10.7. The van der Waals surface area contributed by atoms with Crippen LogP contribution in [0.2, 0.25) is 0 Å². The van der Waals surface area contributed by atoms with Gasteiger partial charge in [0.2, 0.25) is 0 Å². The molecule has 148 valence electrons. The van der Waals surface area contributed by atoms with Crippen molar-refractivity contribution < 1.29 is 9.53 Å². The summed E-state index contributed by atoms with van der Waals surface area (Å²) in [6.07, 6.45) is 21.7. The van der Waals surface area contributed by atoms with Gasteiger partial charge in [-0.15, -0.1) is 0 Å². The van der Waals surface area contributed by atoms with E-state index in [1.54, 1.807) is 0 Å². The van der Waals surface area contributed by atoms with Gasteiger partial charge in [0, 0.05) is 6.42 Å². The van der Waals surface area contributed by atoms with E-state index in [1.165, 1.54) is 70.6 Å². The monoisotopic (exact) mass is 382 g/mol. The molecule has 1 aromatic carbocycles. The fourth-order valence-electron chi connectivity index (χ4n) is 3.01. The maximum atomic E-state index is 11.7. The molecule has 0 heterocycles. The second-order valence-electron chi connectivity index (χ2n) is 7.12. The first-order valence-corrected chi connectivity index (χ1v) is 10.7. The van der Waals surface area contributed by atoms with Gasteiger partial charge >= 0.3 is 35.5 Å². The molecule has 0 aliphatic rings. The molecule has 1 aromatic rings. The number of hydrogen-bond acceptors (Lipinski definition) is 2. The summed E-state index contributed by atoms with van der Waals surface area (Å²) in [4.78, 5) is 11.7. The predicted octanol–water partition coefficient (Wildman–Crippen LogP) is 6.98. The minimum atomic E-state index is -0.117. The van der Waals surface area contributed by atoms with Gasteiger partial charge in [0.25, 0.3) is 0 Å². The van der Waals surface area contributed by atoms with Crippen LogP contribution in [-0.4, -0.2) is 35.5 Å². The average molecular weight is 383 g/mol. The number of esters is 1. The summed E-state index contributed by atoms with van der Waals surface area (Å²) in [5.74, 6) is 0.527. The number of benzene rings is 1. The molecule has 0 fully saturated rings. The number of para-hydroxylation sites is 1. The number of carbonyl (C=O) groups excluding carboxylic acids is 1. The van der Waals surface area contributed by atoms with Crippen molar-refractivity contribution in [1.82, 2.24) is 0 Å². The molecule has 0 radical (unpaired) electrons. The summed E-state index contributed by atoms with van der Waals surface area (Å²) in [5.41, 5.74) is 0. The van der Waals surface area contributed by atoms with E-state index in [4.69, 9.17) is 4.74 Å². The Kier molecular flexibility index (Phi) is 19.7. The standard InChI is InChI=1S/C24H38O2.Na.H/c1-2-3-4-5-6-7-8-9-10-11-12-13-14-15-19-22-24(25)26-23-20-17-16-18-21-23;;/h9-10,16-18,20-21H,2-8,11-15,19,22H2,1H3;;/b10-9-;;. The maximum absolute atomic E-state index is 11.7. The van der Waals surface area contributed by atoms with Crippen LogP contribution in [0.1, 0.15) is 96.8 Å². The van der Waals surface area contributed by atoms with Crippen molar-refractivity contribution in [2.45, 2.75) is 96.8 Å². The van der Waals surface area contributed by atoms with Gasteiger partial charge in [-0.25, -0.2) is 0 Å². The number of rotatable bonds is 16. The predicted molar refractivity (Wildman–Crippen MR) is 119 cm³/mol. The fourth-order valence-corrected chi connectivity index (χ4v) is 3.01. The number of ether oxygens (including phenoxy) is 1. The van der Waals surface area contributed by atoms with Gasteiger partial charge in [0.15, 0.2) is 0 Å². The van der Waals surface area contributed by atoms with Crippen LogP contribution in [0.25, 0.3) is 0 Å². The van der Waals surface area contributed by atoms with Crippen LogP contribution in [0.5, 0.6) is 5.75 Å². The molecule has 3 heteroatoms. The van der Waals surface area contributed by atoms with E-state index < -0.39 is 0 Å². The van der Waals surface area contributed by atoms with Crippen molar-refractivity contribution in [1.29, 1.82) is 0 Å². The number of hydrogen-bond donors (Lipinski definition) is 0. The molecule has 0 spiro atoms. The number of allylic oxidation sites excluding steroid dienone is 2. The Morgan fingerprint density at radius 3 is 1.89 bits per heavy atom. The van der Waals surface area contributed by atoms with Crippen LogP contribution in [0.15, 0.2) is 42.5 Å². The zero-order chi connectivity index (χ0) is 18.7. The first kappa shape index (κ1) is 26.4. The second kappa shape index (κ2) is 20.2. The second-order valence-corrected chi connectivity index (χ2v) is 7.12. The third-order valence-electron chi connectivity index (χ3n) is 4.62. The third-order valence-corrected chi connectivity index (χ3v) is 4.62. The molecule has 27 heavy (non-hydrogen) atoms. The molecule has 0 aliphatic heterocycles. The molecular formula is C24H39NaO2. The van der Waals surface area contributed by atoms with E-state index in [2.05, 4.69) is 19.1 Å². The number of unbranched alkanes of at least 4 members (excludes halogenated alkanes) is 11. The van der Waals surface area contributed by atoms with E-state index in [-0.39, 0.29) is 35.5 Å². The Bertz CT molecular complexity index is 471. The van der Waals surface area contributed by atoms with Gasteiger partial charge in [-0.3, -0.25) is 4.79 Å². The zero-order valence-electron chi connectivity index (χ0n) is 16.8.